The molecule has 6 unspecified atom stereocenters. The van der Waals surface area contributed by atoms with Gasteiger partial charge in [0.05, 0.1) is 19.3 Å². The first kappa shape index (κ1) is 30.0. The highest BCUT2D eigenvalue weighted by atomic mass is 16.7. The molecule has 14 nitrogen and oxygen atoms in total. The van der Waals surface area contributed by atoms with Crippen LogP contribution in [0.5, 0.6) is 0 Å². The van der Waals surface area contributed by atoms with E-state index in [9.17, 15) is 39.9 Å². The largest absolute Gasteiger partial charge is 0.394 e. The zero-order chi connectivity index (χ0) is 28.1. The first-order valence-corrected chi connectivity index (χ1v) is 12.0. The second-order valence-electron chi connectivity index (χ2n) is 9.12. The Morgan fingerprint density at radius 2 is 1.39 bits per heavy atom. The van der Waals surface area contributed by atoms with Crippen LogP contribution in [0.25, 0.3) is 0 Å². The van der Waals surface area contributed by atoms with E-state index in [0.29, 0.717) is 5.56 Å². The molecule has 10 atom stereocenters. The summed E-state index contributed by atoms with van der Waals surface area (Å²) in [6.45, 7) is 1.25. The molecule has 0 aliphatic carbocycles. The number of aliphatic hydroxyl groups excluding tert-OH is 5. The molecule has 2 amide bonds. The Kier molecular flexibility index (Phi) is 10.3. The summed E-state index contributed by atoms with van der Waals surface area (Å²) in [5, 5.41) is 57.1. The van der Waals surface area contributed by atoms with Gasteiger partial charge in [-0.1, -0.05) is 12.1 Å². The zero-order valence-electron chi connectivity index (χ0n) is 21.1. The molecule has 14 heteroatoms. The Morgan fingerprint density at radius 3 is 1.92 bits per heavy atom. The van der Waals surface area contributed by atoms with E-state index in [-0.39, 0.29) is 11.3 Å². The lowest BCUT2D eigenvalue weighted by molar-refractivity contribution is -0.336. The summed E-state index contributed by atoms with van der Waals surface area (Å²) in [5.41, 5.74) is 0.528. The average molecular weight is 543 g/mol. The lowest BCUT2D eigenvalue weighted by Gasteiger charge is -2.47. The van der Waals surface area contributed by atoms with Crippen molar-refractivity contribution in [1.29, 1.82) is 0 Å². The van der Waals surface area contributed by atoms with Gasteiger partial charge < -0.3 is 55.1 Å². The molecule has 3 rings (SSSR count). The first-order valence-electron chi connectivity index (χ1n) is 12.0. The quantitative estimate of drug-likeness (QED) is 0.156. The Labute approximate surface area is 218 Å². The van der Waals surface area contributed by atoms with Gasteiger partial charge in [0.2, 0.25) is 5.91 Å². The van der Waals surface area contributed by atoms with Gasteiger partial charge in [-0.2, -0.15) is 0 Å². The van der Waals surface area contributed by atoms with Crippen LogP contribution in [0.4, 0.5) is 0 Å². The van der Waals surface area contributed by atoms with Gasteiger partial charge in [-0.25, -0.2) is 0 Å². The van der Waals surface area contributed by atoms with Crippen LogP contribution in [-0.2, 0) is 23.7 Å². The number of nitrogens with one attached hydrogen (secondary N) is 2. The minimum atomic E-state index is -1.71. The lowest BCUT2D eigenvalue weighted by Crippen LogP contribution is -2.69. The molecule has 2 saturated heterocycles. The van der Waals surface area contributed by atoms with Gasteiger partial charge in [-0.15, -0.1) is 0 Å². The predicted molar refractivity (Wildman–Crippen MR) is 127 cm³/mol. The van der Waals surface area contributed by atoms with E-state index in [1.807, 2.05) is 0 Å². The number of carbonyl (C=O) groups excluding carboxylic acids is 3. The summed E-state index contributed by atoms with van der Waals surface area (Å²) in [6.07, 6.45) is -11.4. The van der Waals surface area contributed by atoms with E-state index in [2.05, 4.69) is 10.6 Å². The number of rotatable bonds is 9. The van der Waals surface area contributed by atoms with Crippen LogP contribution in [0.15, 0.2) is 24.3 Å². The summed E-state index contributed by atoms with van der Waals surface area (Å²) in [6, 6.07) is 3.20. The Hall–Kier alpha value is -2.53. The highest BCUT2D eigenvalue weighted by Gasteiger charge is 2.51. The van der Waals surface area contributed by atoms with Crippen molar-refractivity contribution in [3.63, 3.8) is 0 Å². The van der Waals surface area contributed by atoms with Crippen LogP contribution in [0, 0.1) is 0 Å². The molecule has 1 aromatic carbocycles. The van der Waals surface area contributed by atoms with Crippen molar-refractivity contribution in [3.05, 3.63) is 35.4 Å². The fourth-order valence-corrected chi connectivity index (χ4v) is 4.44. The zero-order valence-corrected chi connectivity index (χ0v) is 21.1. The standard InChI is InChI=1S/C24H34N2O12/c1-10(29)12-4-6-13(7-5-12)22(34)26-16-18(31)14(8-27)36-24(20(16)33)38-21-15(9-28)37-23(35-3)17(19(21)32)25-11(2)30/h4-7,14-21,23-24,27-28,31-33H,8-9H2,1-3H3,(H,25,30)(H,26,34)/t14?,15?,16?,17?,18-,19?,20?,21+,23+,24-/m0/s1. The topological polar surface area (TPSA) is 213 Å². The molecular weight excluding hydrogens is 508 g/mol. The lowest BCUT2D eigenvalue weighted by atomic mass is 9.94. The van der Waals surface area contributed by atoms with Crippen LogP contribution >= 0.6 is 0 Å². The number of benzene rings is 1. The maximum absolute atomic E-state index is 12.8. The number of Topliss-reactive ketones (excluding diaryl/α,β-unsaturated/α-hetero) is 1. The molecule has 0 aromatic heterocycles. The second-order valence-corrected chi connectivity index (χ2v) is 9.12. The summed E-state index contributed by atoms with van der Waals surface area (Å²) in [4.78, 5) is 36.0. The maximum atomic E-state index is 12.8. The van der Waals surface area contributed by atoms with Crippen LogP contribution in [0.1, 0.15) is 34.6 Å². The van der Waals surface area contributed by atoms with E-state index in [4.69, 9.17) is 18.9 Å². The van der Waals surface area contributed by atoms with E-state index < -0.39 is 86.3 Å². The Bertz CT molecular complexity index is 976. The van der Waals surface area contributed by atoms with Gasteiger partial charge in [0.25, 0.3) is 5.91 Å². The van der Waals surface area contributed by atoms with Gasteiger partial charge in [0.15, 0.2) is 18.4 Å². The summed E-state index contributed by atoms with van der Waals surface area (Å²) in [5.74, 6) is -1.38. The van der Waals surface area contributed by atoms with Crippen LogP contribution in [0.2, 0.25) is 0 Å². The molecule has 0 spiro atoms. The number of ketones is 1. The second kappa shape index (κ2) is 13.0. The Balaban J connectivity index is 1.80. The van der Waals surface area contributed by atoms with Gasteiger partial charge in [0.1, 0.15) is 42.7 Å². The van der Waals surface area contributed by atoms with Gasteiger partial charge in [0, 0.05) is 25.2 Å². The normalized spacial score (nSPS) is 35.4. The molecule has 212 valence electrons. The minimum Gasteiger partial charge on any atom is -0.394 e. The molecule has 2 aliphatic heterocycles. The summed E-state index contributed by atoms with van der Waals surface area (Å²) < 4.78 is 22.1. The van der Waals surface area contributed by atoms with E-state index in [1.54, 1.807) is 0 Å². The summed E-state index contributed by atoms with van der Waals surface area (Å²) >= 11 is 0. The number of hydrogen-bond donors (Lipinski definition) is 7. The number of carbonyl (C=O) groups is 3. The van der Waals surface area contributed by atoms with Gasteiger partial charge in [-0.05, 0) is 19.1 Å². The first-order chi connectivity index (χ1) is 18.0. The molecular formula is C24H34N2O12. The van der Waals surface area contributed by atoms with Crippen LogP contribution < -0.4 is 10.6 Å². The third-order valence-corrected chi connectivity index (χ3v) is 6.48. The SMILES string of the molecule is CO[C@@H]1OC(CO)[C@@H](O[C@@H]2OC(CO)[C@H](O)C(NC(=O)c3ccc(C(C)=O)cc3)C2O)C(O)C1NC(C)=O. The fourth-order valence-electron chi connectivity index (χ4n) is 4.44. The highest BCUT2D eigenvalue weighted by molar-refractivity contribution is 5.97. The third-order valence-electron chi connectivity index (χ3n) is 6.48. The van der Waals surface area contributed by atoms with Crippen molar-refractivity contribution in [1.82, 2.24) is 10.6 Å². The van der Waals surface area contributed by atoms with E-state index in [1.165, 1.54) is 45.2 Å². The molecule has 38 heavy (non-hydrogen) atoms. The number of methoxy groups -OCH3 is 1. The molecule has 2 fully saturated rings. The molecule has 1 aromatic rings. The van der Waals surface area contributed by atoms with Crippen LogP contribution in [0.3, 0.4) is 0 Å². The molecule has 0 bridgehead atoms. The smallest absolute Gasteiger partial charge is 0.251 e. The molecule has 2 heterocycles. The number of aliphatic hydroxyl groups is 5. The molecule has 7 N–H and O–H groups in total. The molecule has 0 saturated carbocycles. The van der Waals surface area contributed by atoms with Crippen LogP contribution in [-0.4, -0.2) is 125 Å². The number of amides is 2. The van der Waals surface area contributed by atoms with E-state index >= 15 is 0 Å². The fraction of sp³-hybridized carbons (Fsp3) is 0.625. The highest BCUT2D eigenvalue weighted by Crippen LogP contribution is 2.29. The van der Waals surface area contributed by atoms with E-state index in [0.717, 1.165) is 0 Å². The van der Waals surface area contributed by atoms with Gasteiger partial charge >= 0.3 is 0 Å². The number of ether oxygens (including phenoxy) is 4. The van der Waals surface area contributed by atoms with Crippen molar-refractivity contribution in [3.8, 4) is 0 Å². The molecule has 2 aliphatic rings. The Morgan fingerprint density at radius 1 is 0.816 bits per heavy atom. The van der Waals surface area contributed by atoms with Crippen molar-refractivity contribution < 1.29 is 58.9 Å². The minimum absolute atomic E-state index is 0.138. The summed E-state index contributed by atoms with van der Waals surface area (Å²) in [7, 11) is 1.28. The maximum Gasteiger partial charge on any atom is 0.251 e. The van der Waals surface area contributed by atoms with Gasteiger partial charge in [-0.3, -0.25) is 14.4 Å². The third kappa shape index (κ3) is 6.54. The van der Waals surface area contributed by atoms with Crippen molar-refractivity contribution >= 4 is 17.6 Å². The number of hydrogen-bond acceptors (Lipinski definition) is 12. The average Bonchev–Trinajstić information content (AvgIpc) is 2.89. The monoisotopic (exact) mass is 542 g/mol. The van der Waals surface area contributed by atoms with Crippen molar-refractivity contribution in [2.75, 3.05) is 20.3 Å². The van der Waals surface area contributed by atoms with Crippen molar-refractivity contribution in [2.24, 2.45) is 0 Å². The van der Waals surface area contributed by atoms with Crippen molar-refractivity contribution in [2.45, 2.75) is 75.1 Å². The molecule has 0 radical (unpaired) electrons. The predicted octanol–water partition coefficient (Wildman–Crippen LogP) is -2.96.